The summed E-state index contributed by atoms with van der Waals surface area (Å²) < 4.78 is 33.4. The summed E-state index contributed by atoms with van der Waals surface area (Å²) in [5.74, 6) is 0.295. The van der Waals surface area contributed by atoms with Crippen molar-refractivity contribution in [2.24, 2.45) is 0 Å². The van der Waals surface area contributed by atoms with Crippen LogP contribution in [0.4, 0.5) is 11.4 Å². The maximum absolute atomic E-state index is 13.2. The van der Waals surface area contributed by atoms with Gasteiger partial charge >= 0.3 is 0 Å². The molecule has 2 aromatic carbocycles. The van der Waals surface area contributed by atoms with Crippen LogP contribution in [-0.4, -0.2) is 50.9 Å². The molecule has 1 fully saturated rings. The van der Waals surface area contributed by atoms with E-state index in [4.69, 9.17) is 4.74 Å². The molecule has 1 amide bonds. The van der Waals surface area contributed by atoms with Crippen LogP contribution in [0.3, 0.4) is 0 Å². The third kappa shape index (κ3) is 4.27. The predicted molar refractivity (Wildman–Crippen MR) is 121 cm³/mol. The lowest BCUT2D eigenvalue weighted by Gasteiger charge is -2.23. The van der Waals surface area contributed by atoms with Crippen LogP contribution in [0.5, 0.6) is 5.75 Å². The minimum Gasteiger partial charge on any atom is -0.492 e. The van der Waals surface area contributed by atoms with Crippen molar-refractivity contribution in [2.75, 3.05) is 36.5 Å². The fraction of sp³-hybridized carbons (Fsp3) is 0.435. The van der Waals surface area contributed by atoms with E-state index in [2.05, 4.69) is 11.4 Å². The van der Waals surface area contributed by atoms with Crippen molar-refractivity contribution in [1.29, 1.82) is 0 Å². The van der Waals surface area contributed by atoms with Crippen LogP contribution < -0.4 is 15.0 Å². The van der Waals surface area contributed by atoms with Gasteiger partial charge in [-0.25, -0.2) is 8.42 Å². The monoisotopic (exact) mass is 443 g/mol. The Morgan fingerprint density at radius 1 is 1.16 bits per heavy atom. The van der Waals surface area contributed by atoms with E-state index < -0.39 is 10.0 Å². The number of fused-ring (bicyclic) bond motifs is 1. The number of rotatable bonds is 7. The molecule has 0 bridgehead atoms. The van der Waals surface area contributed by atoms with Crippen LogP contribution >= 0.6 is 0 Å². The van der Waals surface area contributed by atoms with Crippen LogP contribution in [0, 0.1) is 0 Å². The molecule has 2 aliphatic rings. The molecule has 1 saturated heterocycles. The second kappa shape index (κ2) is 8.88. The van der Waals surface area contributed by atoms with Gasteiger partial charge in [0.15, 0.2) is 0 Å². The maximum Gasteiger partial charge on any atom is 0.246 e. The van der Waals surface area contributed by atoms with E-state index in [-0.39, 0.29) is 23.4 Å². The van der Waals surface area contributed by atoms with Gasteiger partial charge in [-0.3, -0.25) is 4.79 Å². The average Bonchev–Trinajstić information content (AvgIpc) is 3.40. The first-order valence-corrected chi connectivity index (χ1v) is 12.3. The molecule has 7 nitrogen and oxygen atoms in total. The van der Waals surface area contributed by atoms with Gasteiger partial charge in [-0.05, 0) is 62.9 Å². The zero-order chi connectivity index (χ0) is 22.0. The largest absolute Gasteiger partial charge is 0.492 e. The molecular weight excluding hydrogens is 414 g/mol. The number of sulfonamides is 1. The fourth-order valence-corrected chi connectivity index (χ4v) is 6.04. The topological polar surface area (TPSA) is 79.0 Å². The van der Waals surface area contributed by atoms with Crippen LogP contribution in [-0.2, 0) is 21.2 Å². The molecule has 0 unspecified atom stereocenters. The smallest absolute Gasteiger partial charge is 0.246 e. The summed E-state index contributed by atoms with van der Waals surface area (Å²) in [7, 11) is -3.64. The molecule has 1 N–H and O–H groups in total. The predicted octanol–water partition coefficient (Wildman–Crippen LogP) is 3.26. The first-order valence-electron chi connectivity index (χ1n) is 10.8. The van der Waals surface area contributed by atoms with Gasteiger partial charge in [0, 0.05) is 30.5 Å². The fourth-order valence-electron chi connectivity index (χ4n) is 4.37. The zero-order valence-electron chi connectivity index (χ0n) is 18.0. The molecule has 31 heavy (non-hydrogen) atoms. The molecule has 0 spiro atoms. The number of ether oxygens (including phenoxy) is 1. The van der Waals surface area contributed by atoms with Crippen LogP contribution in [0.15, 0.2) is 47.4 Å². The standard InChI is InChI=1S/C23H29N3O4S/c1-3-30-21-11-10-19(15-22(21)31(28,29)25-12-6-7-13-25)24-16-23(27)26-17(2)14-18-8-4-5-9-20(18)26/h4-5,8-11,15,17,24H,3,6-7,12-14,16H2,1-2H3/t17-/m1/s1. The summed E-state index contributed by atoms with van der Waals surface area (Å²) in [6.07, 6.45) is 2.57. The lowest BCUT2D eigenvalue weighted by atomic mass is 10.1. The van der Waals surface area contributed by atoms with E-state index in [1.165, 1.54) is 9.87 Å². The Labute approximate surface area is 184 Å². The van der Waals surface area contributed by atoms with Gasteiger partial charge < -0.3 is 15.0 Å². The van der Waals surface area contributed by atoms with Crippen molar-refractivity contribution in [2.45, 2.75) is 44.0 Å². The summed E-state index contributed by atoms with van der Waals surface area (Å²) in [5, 5.41) is 3.12. The molecule has 4 rings (SSSR count). The number of anilines is 2. The van der Waals surface area contributed by atoms with Gasteiger partial charge in [-0.2, -0.15) is 4.31 Å². The summed E-state index contributed by atoms with van der Waals surface area (Å²) in [6.45, 7) is 5.37. The van der Waals surface area contributed by atoms with Crippen LogP contribution in [0.1, 0.15) is 32.3 Å². The zero-order valence-corrected chi connectivity index (χ0v) is 18.8. The van der Waals surface area contributed by atoms with Crippen molar-refractivity contribution < 1.29 is 17.9 Å². The van der Waals surface area contributed by atoms with E-state index in [0.717, 1.165) is 24.9 Å². The Hall–Kier alpha value is -2.58. The molecule has 0 saturated carbocycles. The van der Waals surface area contributed by atoms with Crippen LogP contribution in [0.2, 0.25) is 0 Å². The molecular formula is C23H29N3O4S. The minimum atomic E-state index is -3.64. The Balaban J connectivity index is 1.53. The minimum absolute atomic E-state index is 0.0460. The van der Waals surface area contributed by atoms with Crippen molar-refractivity contribution >= 4 is 27.3 Å². The molecule has 2 aliphatic heterocycles. The Morgan fingerprint density at radius 2 is 1.90 bits per heavy atom. The number of para-hydroxylation sites is 1. The molecule has 8 heteroatoms. The number of benzene rings is 2. The van der Waals surface area contributed by atoms with Gasteiger partial charge in [-0.15, -0.1) is 0 Å². The van der Waals surface area contributed by atoms with Gasteiger partial charge in [0.1, 0.15) is 10.6 Å². The van der Waals surface area contributed by atoms with Gasteiger partial charge in [0.2, 0.25) is 15.9 Å². The number of amides is 1. The first kappa shape index (κ1) is 21.6. The number of carbonyl (C=O) groups excluding carboxylic acids is 1. The SMILES string of the molecule is CCOc1ccc(NCC(=O)N2c3ccccc3C[C@H]2C)cc1S(=O)(=O)N1CCCC1. The summed E-state index contributed by atoms with van der Waals surface area (Å²) in [5.41, 5.74) is 2.70. The van der Waals surface area contributed by atoms with Gasteiger partial charge in [-0.1, -0.05) is 18.2 Å². The third-order valence-electron chi connectivity index (χ3n) is 5.85. The molecule has 0 aliphatic carbocycles. The molecule has 166 valence electrons. The molecule has 2 aromatic rings. The number of hydrogen-bond donors (Lipinski definition) is 1. The Kier molecular flexibility index (Phi) is 6.20. The second-order valence-corrected chi connectivity index (χ2v) is 9.91. The van der Waals surface area contributed by atoms with Crippen LogP contribution in [0.25, 0.3) is 0 Å². The molecule has 2 heterocycles. The van der Waals surface area contributed by atoms with E-state index in [1.54, 1.807) is 18.2 Å². The van der Waals surface area contributed by atoms with E-state index in [9.17, 15) is 13.2 Å². The average molecular weight is 444 g/mol. The number of nitrogens with one attached hydrogen (secondary N) is 1. The Morgan fingerprint density at radius 3 is 2.65 bits per heavy atom. The molecule has 0 radical (unpaired) electrons. The first-order chi connectivity index (χ1) is 14.9. The lowest BCUT2D eigenvalue weighted by Crippen LogP contribution is -2.39. The third-order valence-corrected chi connectivity index (χ3v) is 7.77. The van der Waals surface area contributed by atoms with E-state index >= 15 is 0 Å². The highest BCUT2D eigenvalue weighted by Gasteiger charge is 2.32. The molecule has 1 atom stereocenters. The summed E-state index contributed by atoms with van der Waals surface area (Å²) in [6, 6.07) is 13.0. The number of hydrogen-bond acceptors (Lipinski definition) is 5. The highest BCUT2D eigenvalue weighted by atomic mass is 32.2. The lowest BCUT2D eigenvalue weighted by molar-refractivity contribution is -0.117. The maximum atomic E-state index is 13.2. The molecule has 0 aromatic heterocycles. The van der Waals surface area contributed by atoms with Crippen molar-refractivity contribution in [3.05, 3.63) is 48.0 Å². The van der Waals surface area contributed by atoms with Crippen molar-refractivity contribution in [1.82, 2.24) is 4.31 Å². The number of carbonyl (C=O) groups is 1. The van der Waals surface area contributed by atoms with Crippen molar-refractivity contribution in [3.8, 4) is 5.75 Å². The Bertz CT molecular complexity index is 1060. The number of nitrogens with zero attached hydrogens (tertiary/aromatic N) is 2. The highest BCUT2D eigenvalue weighted by Crippen LogP contribution is 2.33. The summed E-state index contributed by atoms with van der Waals surface area (Å²) in [4.78, 5) is 14.9. The van der Waals surface area contributed by atoms with Gasteiger partial charge in [0.25, 0.3) is 0 Å². The quantitative estimate of drug-likeness (QED) is 0.711. The van der Waals surface area contributed by atoms with E-state index in [1.807, 2.05) is 36.9 Å². The highest BCUT2D eigenvalue weighted by molar-refractivity contribution is 7.89. The van der Waals surface area contributed by atoms with Crippen molar-refractivity contribution in [3.63, 3.8) is 0 Å². The normalized spacial score (nSPS) is 18.8. The van der Waals surface area contributed by atoms with Gasteiger partial charge in [0.05, 0.1) is 13.2 Å². The second-order valence-electron chi connectivity index (χ2n) is 8.00. The summed E-state index contributed by atoms with van der Waals surface area (Å²) >= 11 is 0. The van der Waals surface area contributed by atoms with E-state index in [0.29, 0.717) is 31.1 Å².